The zero-order valence-electron chi connectivity index (χ0n) is 50.7. The van der Waals surface area contributed by atoms with Crippen LogP contribution in [0.3, 0.4) is 0 Å². The zero-order valence-corrected chi connectivity index (χ0v) is 50.7. The molecular formula is C71H62N2O20. The fraction of sp³-hybridized carbons (Fsp3) is 0.211. The molecule has 6 heterocycles. The predicted molar refractivity (Wildman–Crippen MR) is 324 cm³/mol. The Morgan fingerprint density at radius 2 is 0.882 bits per heavy atom. The van der Waals surface area contributed by atoms with Crippen LogP contribution in [-0.2, 0) is 76.1 Å². The summed E-state index contributed by atoms with van der Waals surface area (Å²) in [6, 6.07) is 39.7. The highest BCUT2D eigenvalue weighted by Crippen LogP contribution is 2.46. The number of carbonyl (C=O) groups is 6. The minimum Gasteiger partial charge on any atom is -0.573 e. The number of phenols is 2. The van der Waals surface area contributed by atoms with Gasteiger partial charge in [-0.05, 0) is 89.6 Å². The van der Waals surface area contributed by atoms with Gasteiger partial charge in [-0.3, -0.25) is 0 Å². The van der Waals surface area contributed by atoms with Gasteiger partial charge < -0.3 is 67.8 Å². The summed E-state index contributed by atoms with van der Waals surface area (Å²) in [6.45, 7) is 2.71. The number of hydrogen-bond acceptors (Lipinski definition) is 20. The van der Waals surface area contributed by atoms with Gasteiger partial charge in [0.2, 0.25) is 0 Å². The summed E-state index contributed by atoms with van der Waals surface area (Å²) in [5.74, 6) is -14.4. The van der Waals surface area contributed by atoms with Gasteiger partial charge in [-0.15, -0.1) is 0 Å². The first-order chi connectivity index (χ1) is 44.8. The van der Waals surface area contributed by atoms with Crippen LogP contribution in [0, 0.1) is 0 Å². The highest BCUT2D eigenvalue weighted by atomic mass is 16.8. The molecule has 2 saturated heterocycles. The van der Waals surface area contributed by atoms with Gasteiger partial charge in [0.15, 0.2) is 47.9 Å². The van der Waals surface area contributed by atoms with Crippen LogP contribution in [0.25, 0.3) is 44.8 Å². The topological polar surface area (TPSA) is 289 Å². The first-order valence-electron chi connectivity index (χ1n) is 29.3. The number of phenolic OH excluding ortho intramolecular Hbond substituents is 2. The Bertz CT molecular complexity index is 3960. The Morgan fingerprint density at radius 3 is 1.28 bits per heavy atom. The molecule has 6 aromatic rings. The number of nitrogens with zero attached hydrogens (tertiary/aromatic N) is 2. The third-order valence-electron chi connectivity index (χ3n) is 15.2. The molecule has 2 aromatic heterocycles. The molecule has 0 radical (unpaired) electrons. The molecule has 22 nitrogen and oxygen atoms in total. The zero-order chi connectivity index (χ0) is 65.9. The Morgan fingerprint density at radius 1 is 0.473 bits per heavy atom. The summed E-state index contributed by atoms with van der Waals surface area (Å²) in [6.07, 6.45) is 19.8. The van der Waals surface area contributed by atoms with Crippen molar-refractivity contribution in [3.05, 3.63) is 241 Å². The number of rotatable bonds is 16. The van der Waals surface area contributed by atoms with E-state index in [1.165, 1.54) is 57.6 Å². The van der Waals surface area contributed by atoms with Crippen molar-refractivity contribution in [2.75, 3.05) is 27.4 Å². The van der Waals surface area contributed by atoms with Gasteiger partial charge in [-0.1, -0.05) is 116 Å². The number of aromatic hydroxyl groups is 2. The summed E-state index contributed by atoms with van der Waals surface area (Å²) in [5, 5.41) is 45.7. The number of ether oxygens (including phenoxy) is 10. The van der Waals surface area contributed by atoms with E-state index >= 15 is 0 Å². The van der Waals surface area contributed by atoms with E-state index in [0.717, 1.165) is 69.1 Å². The van der Waals surface area contributed by atoms with Gasteiger partial charge in [0.05, 0.1) is 36.3 Å². The number of hydrogen-bond donors (Lipinski definition) is 2. The molecule has 1 aliphatic carbocycles. The molecule has 5 aliphatic rings. The van der Waals surface area contributed by atoms with Crippen molar-refractivity contribution in [3.8, 4) is 56.3 Å². The lowest BCUT2D eigenvalue weighted by Gasteiger charge is -2.47. The monoisotopic (exact) mass is 1260 g/mol. The Hall–Kier alpha value is -11.4. The van der Waals surface area contributed by atoms with Crippen molar-refractivity contribution in [3.63, 3.8) is 0 Å². The standard InChI is InChI=1S/C37H38O18.C34H24N2O2/c1-5-35(21-47-4)50-28(40)23(29(41)51-35)14-9-7-11-16-25-32(44)54-37(55-33(25)45)18-12-17-36(19-37)52-30(42)24(31(43)53-36)15-10-6-8-13-22-26(38)48-34(2,20-46-3)49-27(22)39;37-33-13-11-29(25-7-3-1-4-8-25)23-31(33)35-19-15-27(16-20-35)28-17-21-36(22-18-28)32-24-30(12-14-34(32)38)26-9-5-2-6-10-26/h6-11,13-16,38,40H,5,12,17-21H2,1-4H3;1-24H/b10-6+,11-7+,13-8+,14-9+,24-15?,25-16?;. The molecule has 4 aromatic carbocycles. The van der Waals surface area contributed by atoms with Crippen LogP contribution in [0.5, 0.6) is 11.5 Å². The van der Waals surface area contributed by atoms with E-state index in [4.69, 9.17) is 47.4 Å². The molecule has 2 unspecified atom stereocenters. The highest BCUT2D eigenvalue weighted by Gasteiger charge is 2.59. The molecule has 22 heteroatoms. The van der Waals surface area contributed by atoms with Crippen LogP contribution in [0.15, 0.2) is 241 Å². The first-order valence-corrected chi connectivity index (χ1v) is 29.3. The second-order valence-electron chi connectivity index (χ2n) is 21.8. The SMILES string of the molecule is CCC1(COC)OC(=O)C(/C=C/C=C/C=C2C(=O)OC3(CCCC4(C3)OC(=O)C(=C/C=C/C=C/C3=C([O-])OC(C)(COC)OC3=O)C(=O)O4)OC2=O)=C([O-])O1.Oc1ccc(-c2ccccc2)cc1-[n+]1ccc(-c2cc[n+](-c3cc(-c4ccccc4)ccc3O)cc2)cc1. The lowest BCUT2D eigenvalue weighted by molar-refractivity contribution is -0.596. The average molecular weight is 1260 g/mol. The van der Waals surface area contributed by atoms with E-state index in [1.54, 1.807) is 19.1 Å². The molecule has 93 heavy (non-hydrogen) atoms. The molecule has 0 bridgehead atoms. The number of pyridine rings is 2. The number of esters is 6. The molecule has 11 rings (SSSR count). The van der Waals surface area contributed by atoms with Gasteiger partial charge >= 0.3 is 35.8 Å². The molecule has 2 N–H and O–H groups in total. The number of carbonyl (C=O) groups excluding carboxylic acids is 6. The van der Waals surface area contributed by atoms with E-state index in [9.17, 15) is 49.2 Å². The average Bonchev–Trinajstić information content (AvgIpc) is 0.754. The van der Waals surface area contributed by atoms with Crippen LogP contribution >= 0.6 is 0 Å². The number of aromatic nitrogens is 2. The second kappa shape index (κ2) is 27.8. The van der Waals surface area contributed by atoms with Crippen molar-refractivity contribution in [2.45, 2.75) is 69.1 Å². The summed E-state index contributed by atoms with van der Waals surface area (Å²) in [7, 11) is 2.71. The molecule has 0 amide bonds. The molecule has 2 spiro atoms. The smallest absolute Gasteiger partial charge is 0.348 e. The minimum atomic E-state index is -1.91. The quantitative estimate of drug-likeness (QED) is 0.0240. The Kier molecular flexibility index (Phi) is 19.3. The maximum absolute atomic E-state index is 13.0. The second-order valence-corrected chi connectivity index (χ2v) is 21.8. The third kappa shape index (κ3) is 14.8. The predicted octanol–water partition coefficient (Wildman–Crippen LogP) is 7.29. The highest BCUT2D eigenvalue weighted by molar-refractivity contribution is 6.16. The summed E-state index contributed by atoms with van der Waals surface area (Å²) >= 11 is 0. The van der Waals surface area contributed by atoms with Crippen LogP contribution in [0.2, 0.25) is 0 Å². The summed E-state index contributed by atoms with van der Waals surface area (Å²) < 4.78 is 56.4. The van der Waals surface area contributed by atoms with Gasteiger partial charge in [-0.25, -0.2) is 28.8 Å². The summed E-state index contributed by atoms with van der Waals surface area (Å²) in [4.78, 5) is 76.5. The Balaban J connectivity index is 0.000000216. The van der Waals surface area contributed by atoms with Gasteiger partial charge in [0, 0.05) is 63.5 Å². The molecule has 2 atom stereocenters. The summed E-state index contributed by atoms with van der Waals surface area (Å²) in [5.41, 5.74) is 6.06. The fourth-order valence-corrected chi connectivity index (χ4v) is 10.6. The van der Waals surface area contributed by atoms with Crippen LogP contribution in [-0.4, -0.2) is 96.6 Å². The Labute approximate surface area is 533 Å². The van der Waals surface area contributed by atoms with Crippen LogP contribution in [0.4, 0.5) is 0 Å². The van der Waals surface area contributed by atoms with E-state index < -0.39 is 94.0 Å². The van der Waals surface area contributed by atoms with Gasteiger partial charge in [-0.2, -0.15) is 9.13 Å². The molecule has 4 aliphatic heterocycles. The van der Waals surface area contributed by atoms with E-state index in [-0.39, 0.29) is 56.0 Å². The van der Waals surface area contributed by atoms with E-state index in [2.05, 4.69) is 24.3 Å². The number of benzene rings is 4. The molecule has 476 valence electrons. The number of cyclic esters (lactones) is 2. The number of methoxy groups -OCH3 is 2. The lowest BCUT2D eigenvalue weighted by Crippen LogP contribution is -2.58. The molecular weight excluding hydrogens is 1200 g/mol. The minimum absolute atomic E-state index is 0.0189. The van der Waals surface area contributed by atoms with Crippen LogP contribution in [0.1, 0.15) is 46.0 Å². The van der Waals surface area contributed by atoms with E-state index in [1.807, 2.05) is 119 Å². The first kappa shape index (κ1) is 64.6. The largest absolute Gasteiger partial charge is 0.573 e. The molecule has 3 fully saturated rings. The van der Waals surface area contributed by atoms with Crippen molar-refractivity contribution in [2.24, 2.45) is 0 Å². The van der Waals surface area contributed by atoms with Crippen molar-refractivity contribution in [1.29, 1.82) is 0 Å². The maximum Gasteiger partial charge on any atom is 0.348 e. The fourth-order valence-electron chi connectivity index (χ4n) is 10.6. The maximum atomic E-state index is 13.0. The van der Waals surface area contributed by atoms with E-state index in [0.29, 0.717) is 0 Å². The van der Waals surface area contributed by atoms with Crippen molar-refractivity contribution < 1.29 is 106 Å². The molecule has 1 saturated carbocycles. The normalized spacial score (nSPS) is 22.2. The third-order valence-corrected chi connectivity index (χ3v) is 15.2. The van der Waals surface area contributed by atoms with Crippen molar-refractivity contribution in [1.82, 2.24) is 0 Å². The lowest BCUT2D eigenvalue weighted by atomic mass is 9.87. The van der Waals surface area contributed by atoms with Crippen LogP contribution < -0.4 is 19.3 Å². The van der Waals surface area contributed by atoms with Gasteiger partial charge in [0.1, 0.15) is 17.6 Å². The van der Waals surface area contributed by atoms with Gasteiger partial charge in [0.25, 0.3) is 22.9 Å². The number of allylic oxidation sites excluding steroid dienone is 8. The van der Waals surface area contributed by atoms with Crippen molar-refractivity contribution >= 4 is 35.8 Å².